The summed E-state index contributed by atoms with van der Waals surface area (Å²) in [6.07, 6.45) is 60.9. The molecule has 6 heteroatoms. The van der Waals surface area contributed by atoms with Crippen LogP contribution >= 0.6 is 0 Å². The fourth-order valence-corrected chi connectivity index (χ4v) is 7.54. The summed E-state index contributed by atoms with van der Waals surface area (Å²) in [7, 11) is 0. The molecule has 0 unspecified atom stereocenters. The van der Waals surface area contributed by atoms with E-state index in [-0.39, 0.29) is 31.1 Å². The zero-order valence-corrected chi connectivity index (χ0v) is 41.1. The number of unbranched alkanes of at least 4 members (excludes halogenated alkanes) is 29. The average Bonchev–Trinajstić information content (AvgIpc) is 3.27. The number of hydrogen-bond donors (Lipinski definition) is 0. The highest BCUT2D eigenvalue weighted by Crippen LogP contribution is 2.15. The van der Waals surface area contributed by atoms with Crippen molar-refractivity contribution in [3.63, 3.8) is 0 Å². The molecule has 6 nitrogen and oxygen atoms in total. The molecule has 62 heavy (non-hydrogen) atoms. The summed E-state index contributed by atoms with van der Waals surface area (Å²) in [6.45, 7) is 6.60. The number of ether oxygens (including phenoxy) is 3. The van der Waals surface area contributed by atoms with E-state index in [2.05, 4.69) is 69.4 Å². The van der Waals surface area contributed by atoms with Crippen LogP contribution in [0.25, 0.3) is 0 Å². The molecular weight excluding hydrogens is 769 g/mol. The minimum atomic E-state index is -0.781. The zero-order chi connectivity index (χ0) is 45.1. The third-order valence-electron chi connectivity index (χ3n) is 11.6. The lowest BCUT2D eigenvalue weighted by Crippen LogP contribution is -2.30. The Labute approximate surface area is 384 Å². The summed E-state index contributed by atoms with van der Waals surface area (Å²) in [5.41, 5.74) is 0. The van der Waals surface area contributed by atoms with Crippen LogP contribution in [-0.2, 0) is 28.6 Å². The van der Waals surface area contributed by atoms with Crippen molar-refractivity contribution in [1.82, 2.24) is 0 Å². The van der Waals surface area contributed by atoms with Gasteiger partial charge in [-0.25, -0.2) is 0 Å². The highest BCUT2D eigenvalue weighted by atomic mass is 16.6. The number of rotatable bonds is 48. The number of esters is 3. The molecule has 0 amide bonds. The molecule has 0 bridgehead atoms. The van der Waals surface area contributed by atoms with E-state index >= 15 is 0 Å². The van der Waals surface area contributed by atoms with Crippen LogP contribution in [0.2, 0.25) is 0 Å². The van der Waals surface area contributed by atoms with Gasteiger partial charge in [0, 0.05) is 19.3 Å². The predicted octanol–water partition coefficient (Wildman–Crippen LogP) is 17.5. The summed E-state index contributed by atoms with van der Waals surface area (Å²) in [6, 6.07) is 0. The molecule has 0 N–H and O–H groups in total. The first kappa shape index (κ1) is 59.4. The molecule has 0 aliphatic rings. The van der Waals surface area contributed by atoms with E-state index in [0.717, 1.165) is 83.5 Å². The molecule has 0 spiro atoms. The molecule has 0 aliphatic carbocycles. The molecule has 1 atom stereocenters. The average molecular weight is 869 g/mol. The van der Waals surface area contributed by atoms with Crippen LogP contribution in [-0.4, -0.2) is 37.2 Å². The fourth-order valence-electron chi connectivity index (χ4n) is 7.54. The number of allylic oxidation sites excluding steroid dienone is 8. The van der Waals surface area contributed by atoms with Gasteiger partial charge in [0.05, 0.1) is 0 Å². The molecule has 0 saturated carbocycles. The van der Waals surface area contributed by atoms with Crippen LogP contribution in [0.15, 0.2) is 48.6 Å². The molecule has 0 rings (SSSR count). The minimum absolute atomic E-state index is 0.0796. The van der Waals surface area contributed by atoms with Crippen LogP contribution in [0.5, 0.6) is 0 Å². The molecule has 0 radical (unpaired) electrons. The van der Waals surface area contributed by atoms with Crippen LogP contribution < -0.4 is 0 Å². The van der Waals surface area contributed by atoms with Gasteiger partial charge < -0.3 is 14.2 Å². The molecule has 0 saturated heterocycles. The Hall–Kier alpha value is -2.63. The quantitative estimate of drug-likeness (QED) is 0.0262. The van der Waals surface area contributed by atoms with Gasteiger partial charge in [-0.05, 0) is 64.2 Å². The maximum absolute atomic E-state index is 12.8. The van der Waals surface area contributed by atoms with Gasteiger partial charge in [-0.15, -0.1) is 0 Å². The lowest BCUT2D eigenvalue weighted by molar-refractivity contribution is -0.167. The summed E-state index contributed by atoms with van der Waals surface area (Å²) in [5.74, 6) is -0.902. The van der Waals surface area contributed by atoms with Gasteiger partial charge in [0.25, 0.3) is 0 Å². The summed E-state index contributed by atoms with van der Waals surface area (Å²) >= 11 is 0. The van der Waals surface area contributed by atoms with E-state index < -0.39 is 6.10 Å². The van der Waals surface area contributed by atoms with E-state index in [9.17, 15) is 14.4 Å². The third kappa shape index (κ3) is 48.4. The Bertz CT molecular complexity index is 1090. The maximum atomic E-state index is 12.8. The highest BCUT2D eigenvalue weighted by Gasteiger charge is 2.19. The van der Waals surface area contributed by atoms with Crippen molar-refractivity contribution in [3.8, 4) is 0 Å². The van der Waals surface area contributed by atoms with Crippen molar-refractivity contribution in [2.24, 2.45) is 0 Å². The smallest absolute Gasteiger partial charge is 0.306 e. The largest absolute Gasteiger partial charge is 0.462 e. The Morgan fingerprint density at radius 1 is 0.323 bits per heavy atom. The first-order chi connectivity index (χ1) is 30.5. The molecule has 0 aromatic carbocycles. The van der Waals surface area contributed by atoms with Crippen molar-refractivity contribution in [2.45, 2.75) is 277 Å². The monoisotopic (exact) mass is 869 g/mol. The van der Waals surface area contributed by atoms with Crippen molar-refractivity contribution >= 4 is 17.9 Å². The number of carbonyl (C=O) groups is 3. The third-order valence-corrected chi connectivity index (χ3v) is 11.6. The van der Waals surface area contributed by atoms with Crippen molar-refractivity contribution in [2.75, 3.05) is 13.2 Å². The Kier molecular flexibility index (Phi) is 48.8. The van der Waals surface area contributed by atoms with E-state index in [0.29, 0.717) is 19.3 Å². The Balaban J connectivity index is 4.39. The Morgan fingerprint density at radius 3 is 0.935 bits per heavy atom. The van der Waals surface area contributed by atoms with Crippen molar-refractivity contribution < 1.29 is 28.6 Å². The fraction of sp³-hybridized carbons (Fsp3) is 0.804. The molecule has 0 aromatic rings. The highest BCUT2D eigenvalue weighted by molar-refractivity contribution is 5.71. The SMILES string of the molecule is CCCCC/C=C\C/C=C\C/C=C\C/C=C\CCCCCC(=O)OC[C@H](COC(=O)CCCCCCCCCCCCCC)OC(=O)CCCCCCCCCCCCCCC. The first-order valence-electron chi connectivity index (χ1n) is 26.6. The molecule has 360 valence electrons. The van der Waals surface area contributed by atoms with Crippen LogP contribution in [0, 0.1) is 0 Å². The van der Waals surface area contributed by atoms with Gasteiger partial charge in [-0.1, -0.05) is 236 Å². The van der Waals surface area contributed by atoms with E-state index in [1.165, 1.54) is 148 Å². The standard InChI is InChI=1S/C56H100O6/c1-4-7-10-13-16-19-22-25-26-27-28-29-30-32-34-37-40-43-46-49-55(58)61-52-53(51-60-54(57)48-45-42-39-36-33-24-21-18-15-12-9-6-3)62-56(59)50-47-44-41-38-35-31-23-20-17-14-11-8-5-2/h16,19,25-26,28-29,32,34,53H,4-15,17-18,20-24,27,30-31,33,35-52H2,1-3H3/b19-16-,26-25-,29-28-,34-32-/t53-/m0/s1. The molecule has 0 aromatic heterocycles. The van der Waals surface area contributed by atoms with Gasteiger partial charge in [0.1, 0.15) is 13.2 Å². The number of carbonyl (C=O) groups excluding carboxylic acids is 3. The zero-order valence-electron chi connectivity index (χ0n) is 41.1. The molecular formula is C56H100O6. The van der Waals surface area contributed by atoms with Gasteiger partial charge in [-0.3, -0.25) is 14.4 Å². The summed E-state index contributed by atoms with van der Waals surface area (Å²) in [5, 5.41) is 0. The summed E-state index contributed by atoms with van der Waals surface area (Å²) in [4.78, 5) is 38.0. The molecule has 0 aliphatic heterocycles. The van der Waals surface area contributed by atoms with Crippen LogP contribution in [0.3, 0.4) is 0 Å². The van der Waals surface area contributed by atoms with Gasteiger partial charge in [0.15, 0.2) is 6.10 Å². The van der Waals surface area contributed by atoms with Crippen LogP contribution in [0.1, 0.15) is 271 Å². The lowest BCUT2D eigenvalue weighted by Gasteiger charge is -2.18. The van der Waals surface area contributed by atoms with E-state index in [4.69, 9.17) is 14.2 Å². The molecule has 0 heterocycles. The van der Waals surface area contributed by atoms with Gasteiger partial charge in [-0.2, -0.15) is 0 Å². The van der Waals surface area contributed by atoms with Crippen LogP contribution in [0.4, 0.5) is 0 Å². The Morgan fingerprint density at radius 2 is 0.581 bits per heavy atom. The van der Waals surface area contributed by atoms with E-state index in [1.54, 1.807) is 0 Å². The van der Waals surface area contributed by atoms with Crippen molar-refractivity contribution in [1.29, 1.82) is 0 Å². The van der Waals surface area contributed by atoms with E-state index in [1.807, 2.05) is 0 Å². The predicted molar refractivity (Wildman–Crippen MR) is 265 cm³/mol. The lowest BCUT2D eigenvalue weighted by atomic mass is 10.0. The molecule has 0 fully saturated rings. The van der Waals surface area contributed by atoms with Crippen molar-refractivity contribution in [3.05, 3.63) is 48.6 Å². The normalized spacial score (nSPS) is 12.4. The minimum Gasteiger partial charge on any atom is -0.462 e. The first-order valence-corrected chi connectivity index (χ1v) is 26.6. The topological polar surface area (TPSA) is 78.9 Å². The second kappa shape index (κ2) is 51.0. The number of hydrogen-bond acceptors (Lipinski definition) is 6. The van der Waals surface area contributed by atoms with Gasteiger partial charge in [0.2, 0.25) is 0 Å². The second-order valence-corrected chi connectivity index (χ2v) is 17.8. The second-order valence-electron chi connectivity index (χ2n) is 17.8. The maximum Gasteiger partial charge on any atom is 0.306 e. The summed E-state index contributed by atoms with van der Waals surface area (Å²) < 4.78 is 16.8. The van der Waals surface area contributed by atoms with Gasteiger partial charge >= 0.3 is 17.9 Å².